The summed E-state index contributed by atoms with van der Waals surface area (Å²) in [7, 11) is -4.12. The van der Waals surface area contributed by atoms with Crippen molar-refractivity contribution in [2.45, 2.75) is 16.4 Å². The van der Waals surface area contributed by atoms with Crippen LogP contribution in [0, 0.1) is 10.1 Å². The van der Waals surface area contributed by atoms with Crippen LogP contribution in [-0.4, -0.2) is 32.1 Å². The molecule has 0 unspecified atom stereocenters. The molecule has 0 aromatic heterocycles. The first-order valence-electron chi connectivity index (χ1n) is 7.45. The monoisotopic (exact) mass is 430 g/mol. The zero-order chi connectivity index (χ0) is 20.0. The Balaban J connectivity index is 2.02. The summed E-state index contributed by atoms with van der Waals surface area (Å²) in [6, 6.07) is 10.3. The Labute approximate surface area is 165 Å². The van der Waals surface area contributed by atoms with Gasteiger partial charge < -0.3 is 4.74 Å². The number of carbonyl (C=O) groups is 1. The van der Waals surface area contributed by atoms with Crippen molar-refractivity contribution in [1.82, 2.24) is 4.72 Å². The van der Waals surface area contributed by atoms with Crippen molar-refractivity contribution in [1.29, 1.82) is 0 Å². The Kier molecular flexibility index (Phi) is 7.19. The van der Waals surface area contributed by atoms with Gasteiger partial charge in [-0.15, -0.1) is 11.8 Å². The predicted octanol–water partition coefficient (Wildman–Crippen LogP) is 2.99. The number of nitrogens with one attached hydrogen (secondary N) is 1. The third-order valence-corrected chi connectivity index (χ3v) is 5.96. The molecule has 2 aromatic carbocycles. The summed E-state index contributed by atoms with van der Waals surface area (Å²) in [5.74, 6) is -0.811. The number of halogens is 1. The quantitative estimate of drug-likeness (QED) is 0.296. The summed E-state index contributed by atoms with van der Waals surface area (Å²) in [4.78, 5) is 22.2. The molecule has 0 amide bonds. The Hall–Kier alpha value is -2.14. The molecule has 144 valence electrons. The smallest absolute Gasteiger partial charge is 0.321 e. The maximum absolute atomic E-state index is 12.3. The topological polar surface area (TPSA) is 116 Å². The van der Waals surface area contributed by atoms with Gasteiger partial charge in [0.25, 0.3) is 5.69 Å². The molecule has 0 saturated heterocycles. The highest BCUT2D eigenvalue weighted by Gasteiger charge is 2.22. The number of benzene rings is 2. The summed E-state index contributed by atoms with van der Waals surface area (Å²) in [5.41, 5.74) is 0.255. The Morgan fingerprint density at radius 2 is 2.00 bits per heavy atom. The number of thioether (sulfide) groups is 1. The first-order chi connectivity index (χ1) is 12.7. The van der Waals surface area contributed by atoms with Gasteiger partial charge in [-0.25, -0.2) is 8.42 Å². The second kappa shape index (κ2) is 9.18. The molecule has 2 rings (SSSR count). The minimum absolute atomic E-state index is 0.103. The third kappa shape index (κ3) is 5.67. The average Bonchev–Trinajstić information content (AvgIpc) is 2.65. The minimum atomic E-state index is -4.12. The van der Waals surface area contributed by atoms with Crippen molar-refractivity contribution in [3.05, 3.63) is 63.2 Å². The van der Waals surface area contributed by atoms with Crippen molar-refractivity contribution >= 4 is 45.0 Å². The van der Waals surface area contributed by atoms with E-state index in [4.69, 9.17) is 16.3 Å². The Bertz CT molecular complexity index is 965. The highest BCUT2D eigenvalue weighted by molar-refractivity contribution is 7.98. The van der Waals surface area contributed by atoms with Gasteiger partial charge in [-0.1, -0.05) is 29.8 Å². The van der Waals surface area contributed by atoms with E-state index in [1.54, 1.807) is 30.5 Å². The molecule has 0 atom stereocenters. The number of hydrogen-bond donors (Lipinski definition) is 1. The highest BCUT2D eigenvalue weighted by Crippen LogP contribution is 2.29. The van der Waals surface area contributed by atoms with Crippen molar-refractivity contribution in [2.24, 2.45) is 0 Å². The first kappa shape index (κ1) is 21.2. The minimum Gasteiger partial charge on any atom is -0.460 e. The van der Waals surface area contributed by atoms with Gasteiger partial charge >= 0.3 is 5.97 Å². The van der Waals surface area contributed by atoms with Crippen LogP contribution in [0.25, 0.3) is 0 Å². The van der Waals surface area contributed by atoms with E-state index in [9.17, 15) is 23.3 Å². The van der Waals surface area contributed by atoms with Crippen LogP contribution >= 0.6 is 23.4 Å². The SMILES string of the molecule is CSc1ccc(S(=O)(=O)NCC(=O)OCc2ccccc2Cl)cc1[N+](=O)[O-]. The van der Waals surface area contributed by atoms with Gasteiger partial charge in [-0.05, 0) is 24.5 Å². The molecule has 0 aliphatic rings. The van der Waals surface area contributed by atoms with Gasteiger partial charge in [0.05, 0.1) is 14.7 Å². The summed E-state index contributed by atoms with van der Waals surface area (Å²) >= 11 is 7.07. The number of nitro groups is 1. The third-order valence-electron chi connectivity index (χ3n) is 3.41. The fraction of sp³-hybridized carbons (Fsp3) is 0.188. The van der Waals surface area contributed by atoms with Crippen LogP contribution < -0.4 is 4.72 Å². The maximum Gasteiger partial charge on any atom is 0.321 e. The second-order valence-electron chi connectivity index (χ2n) is 5.17. The van der Waals surface area contributed by atoms with Crippen LogP contribution in [-0.2, 0) is 26.2 Å². The molecule has 2 aromatic rings. The molecule has 0 heterocycles. The standard InChI is InChI=1S/C16H15ClN2O6S2/c1-26-15-7-6-12(8-14(15)19(21)22)27(23,24)18-9-16(20)25-10-11-4-2-3-5-13(11)17/h2-8,18H,9-10H2,1H3. The fourth-order valence-corrected chi connectivity index (χ4v) is 3.77. The number of nitrogens with zero attached hydrogens (tertiary/aromatic N) is 1. The predicted molar refractivity (Wildman–Crippen MR) is 101 cm³/mol. The Morgan fingerprint density at radius 3 is 2.63 bits per heavy atom. The number of nitro benzene ring substituents is 1. The van der Waals surface area contributed by atoms with Crippen molar-refractivity contribution < 1.29 is 22.9 Å². The molecule has 8 nitrogen and oxygen atoms in total. The van der Waals surface area contributed by atoms with E-state index in [2.05, 4.69) is 4.72 Å². The number of carbonyl (C=O) groups excluding carboxylic acids is 1. The lowest BCUT2D eigenvalue weighted by molar-refractivity contribution is -0.387. The van der Waals surface area contributed by atoms with Gasteiger partial charge in [0.1, 0.15) is 13.2 Å². The van der Waals surface area contributed by atoms with E-state index in [0.717, 1.165) is 17.8 Å². The van der Waals surface area contributed by atoms with Gasteiger partial charge in [0.2, 0.25) is 10.0 Å². The van der Waals surface area contributed by atoms with Gasteiger partial charge in [0, 0.05) is 16.7 Å². The van der Waals surface area contributed by atoms with Crippen LogP contribution in [0.4, 0.5) is 5.69 Å². The van der Waals surface area contributed by atoms with Crippen molar-refractivity contribution in [3.8, 4) is 0 Å². The van der Waals surface area contributed by atoms with E-state index in [1.807, 2.05) is 0 Å². The molecule has 27 heavy (non-hydrogen) atoms. The highest BCUT2D eigenvalue weighted by atomic mass is 35.5. The normalized spacial score (nSPS) is 11.2. The zero-order valence-corrected chi connectivity index (χ0v) is 16.4. The zero-order valence-electron chi connectivity index (χ0n) is 14.0. The summed E-state index contributed by atoms with van der Waals surface area (Å²) in [6.45, 7) is -0.723. The molecule has 0 spiro atoms. The van der Waals surface area contributed by atoms with Crippen LogP contribution in [0.1, 0.15) is 5.56 Å². The van der Waals surface area contributed by atoms with E-state index in [-0.39, 0.29) is 17.2 Å². The molecule has 0 aliphatic heterocycles. The largest absolute Gasteiger partial charge is 0.460 e. The lowest BCUT2D eigenvalue weighted by Gasteiger charge is -2.09. The molecule has 11 heteroatoms. The molecular formula is C16H15ClN2O6S2. The van der Waals surface area contributed by atoms with Crippen molar-refractivity contribution in [2.75, 3.05) is 12.8 Å². The summed E-state index contributed by atoms with van der Waals surface area (Å²) in [5, 5.41) is 11.5. The summed E-state index contributed by atoms with van der Waals surface area (Å²) < 4.78 is 31.6. The number of rotatable bonds is 8. The molecular weight excluding hydrogens is 416 g/mol. The lowest BCUT2D eigenvalue weighted by atomic mass is 10.2. The molecule has 0 fully saturated rings. The van der Waals surface area contributed by atoms with Crippen molar-refractivity contribution in [3.63, 3.8) is 0 Å². The molecule has 0 saturated carbocycles. The van der Waals surface area contributed by atoms with Gasteiger partial charge in [-0.2, -0.15) is 4.72 Å². The average molecular weight is 431 g/mol. The van der Waals surface area contributed by atoms with E-state index in [0.29, 0.717) is 15.5 Å². The molecule has 0 radical (unpaired) electrons. The van der Waals surface area contributed by atoms with E-state index >= 15 is 0 Å². The second-order valence-corrected chi connectivity index (χ2v) is 8.19. The van der Waals surface area contributed by atoms with E-state index < -0.39 is 27.5 Å². The molecule has 0 aliphatic carbocycles. The number of ether oxygens (including phenoxy) is 1. The molecule has 1 N–H and O–H groups in total. The maximum atomic E-state index is 12.3. The number of sulfonamides is 1. The van der Waals surface area contributed by atoms with Crippen LogP contribution in [0.15, 0.2) is 52.3 Å². The lowest BCUT2D eigenvalue weighted by Crippen LogP contribution is -2.30. The van der Waals surface area contributed by atoms with Crippen LogP contribution in [0.5, 0.6) is 0 Å². The van der Waals surface area contributed by atoms with Gasteiger partial charge in [-0.3, -0.25) is 14.9 Å². The first-order valence-corrected chi connectivity index (χ1v) is 10.5. The Morgan fingerprint density at radius 1 is 1.30 bits per heavy atom. The summed E-state index contributed by atoms with van der Waals surface area (Å²) in [6.07, 6.45) is 1.64. The number of hydrogen-bond acceptors (Lipinski definition) is 7. The van der Waals surface area contributed by atoms with Crippen LogP contribution in [0.2, 0.25) is 5.02 Å². The van der Waals surface area contributed by atoms with E-state index in [1.165, 1.54) is 12.1 Å². The number of esters is 1. The molecule has 0 bridgehead atoms. The van der Waals surface area contributed by atoms with Crippen LogP contribution in [0.3, 0.4) is 0 Å². The van der Waals surface area contributed by atoms with Gasteiger partial charge in [0.15, 0.2) is 0 Å². The fourth-order valence-electron chi connectivity index (χ4n) is 2.04.